The second kappa shape index (κ2) is 3.47. The first-order valence-electron chi connectivity index (χ1n) is 5.86. The standard InChI is InChI=1S/C16H10OS/c17-11-7-5-10-6-8-15-16(13(10)9-11)12-3-1-2-4-14(12)18-15/h1-9,17H. The lowest BCUT2D eigenvalue weighted by molar-refractivity contribution is 0.476. The Balaban J connectivity index is 2.35. The van der Waals surface area contributed by atoms with E-state index in [-0.39, 0.29) is 0 Å². The summed E-state index contributed by atoms with van der Waals surface area (Å²) in [4.78, 5) is 0. The van der Waals surface area contributed by atoms with E-state index in [2.05, 4.69) is 36.4 Å². The summed E-state index contributed by atoms with van der Waals surface area (Å²) in [6.07, 6.45) is 0. The molecular weight excluding hydrogens is 240 g/mol. The monoisotopic (exact) mass is 250 g/mol. The first-order valence-corrected chi connectivity index (χ1v) is 6.67. The fraction of sp³-hybridized carbons (Fsp3) is 0. The summed E-state index contributed by atoms with van der Waals surface area (Å²) in [5, 5.41) is 14.5. The van der Waals surface area contributed by atoms with Crippen molar-refractivity contribution in [3.05, 3.63) is 54.6 Å². The highest BCUT2D eigenvalue weighted by Crippen LogP contribution is 2.38. The second-order valence-electron chi connectivity index (χ2n) is 4.44. The molecule has 0 saturated heterocycles. The number of phenolic OH excluding ortho intramolecular Hbond substituents is 1. The van der Waals surface area contributed by atoms with Gasteiger partial charge in [0.1, 0.15) is 5.75 Å². The molecule has 1 heterocycles. The summed E-state index contributed by atoms with van der Waals surface area (Å²) in [6.45, 7) is 0. The first-order chi connectivity index (χ1) is 8.83. The van der Waals surface area contributed by atoms with Gasteiger partial charge in [-0.3, -0.25) is 0 Å². The third-order valence-electron chi connectivity index (χ3n) is 3.34. The zero-order valence-corrected chi connectivity index (χ0v) is 10.4. The molecule has 0 aliphatic carbocycles. The van der Waals surface area contributed by atoms with Gasteiger partial charge in [-0.2, -0.15) is 0 Å². The molecule has 0 bridgehead atoms. The average molecular weight is 250 g/mol. The van der Waals surface area contributed by atoms with E-state index in [1.807, 2.05) is 12.1 Å². The molecule has 2 heteroatoms. The molecular formula is C16H10OS. The van der Waals surface area contributed by atoms with Crippen LogP contribution in [0.25, 0.3) is 30.9 Å². The molecule has 0 radical (unpaired) electrons. The maximum Gasteiger partial charge on any atom is 0.116 e. The van der Waals surface area contributed by atoms with Crippen molar-refractivity contribution in [2.75, 3.05) is 0 Å². The number of aromatic hydroxyl groups is 1. The number of hydrogen-bond acceptors (Lipinski definition) is 2. The van der Waals surface area contributed by atoms with Gasteiger partial charge in [0.2, 0.25) is 0 Å². The average Bonchev–Trinajstić information content (AvgIpc) is 2.77. The van der Waals surface area contributed by atoms with Crippen LogP contribution >= 0.6 is 11.3 Å². The molecule has 0 aliphatic rings. The number of benzene rings is 3. The Morgan fingerprint density at radius 1 is 0.778 bits per heavy atom. The van der Waals surface area contributed by atoms with Crippen molar-refractivity contribution < 1.29 is 5.11 Å². The molecule has 86 valence electrons. The highest BCUT2D eigenvalue weighted by Gasteiger charge is 2.08. The van der Waals surface area contributed by atoms with Crippen LogP contribution in [-0.2, 0) is 0 Å². The minimum atomic E-state index is 0.324. The second-order valence-corrected chi connectivity index (χ2v) is 5.53. The smallest absolute Gasteiger partial charge is 0.116 e. The van der Waals surface area contributed by atoms with Crippen LogP contribution < -0.4 is 0 Å². The van der Waals surface area contributed by atoms with Crippen molar-refractivity contribution >= 4 is 42.3 Å². The molecule has 3 aromatic carbocycles. The third-order valence-corrected chi connectivity index (χ3v) is 4.48. The molecule has 0 fully saturated rings. The lowest BCUT2D eigenvalue weighted by Gasteiger charge is -2.01. The number of fused-ring (bicyclic) bond motifs is 5. The molecule has 0 spiro atoms. The van der Waals surface area contributed by atoms with Crippen molar-refractivity contribution in [3.63, 3.8) is 0 Å². The van der Waals surface area contributed by atoms with Gasteiger partial charge in [0.15, 0.2) is 0 Å². The lowest BCUT2D eigenvalue weighted by atomic mass is 10.0. The van der Waals surface area contributed by atoms with Gasteiger partial charge in [0.05, 0.1) is 0 Å². The van der Waals surface area contributed by atoms with E-state index in [0.717, 1.165) is 5.39 Å². The summed E-state index contributed by atoms with van der Waals surface area (Å²) in [6, 6.07) is 18.3. The predicted octanol–water partition coefficient (Wildman–Crippen LogP) is 4.91. The van der Waals surface area contributed by atoms with E-state index in [0.29, 0.717) is 5.75 Å². The number of rotatable bonds is 0. The van der Waals surface area contributed by atoms with Gasteiger partial charge in [0, 0.05) is 20.2 Å². The highest BCUT2D eigenvalue weighted by atomic mass is 32.1. The van der Waals surface area contributed by atoms with Crippen LogP contribution in [0.3, 0.4) is 0 Å². The zero-order valence-electron chi connectivity index (χ0n) is 9.55. The van der Waals surface area contributed by atoms with E-state index in [9.17, 15) is 5.11 Å². The van der Waals surface area contributed by atoms with Crippen molar-refractivity contribution in [1.82, 2.24) is 0 Å². The maximum atomic E-state index is 9.70. The van der Waals surface area contributed by atoms with Crippen LogP contribution in [0.15, 0.2) is 54.6 Å². The maximum absolute atomic E-state index is 9.70. The van der Waals surface area contributed by atoms with Crippen LogP contribution in [0.5, 0.6) is 5.75 Å². The molecule has 0 unspecified atom stereocenters. The van der Waals surface area contributed by atoms with Gasteiger partial charge >= 0.3 is 0 Å². The van der Waals surface area contributed by atoms with Gasteiger partial charge in [-0.1, -0.05) is 30.3 Å². The number of phenols is 1. The predicted molar refractivity (Wildman–Crippen MR) is 78.5 cm³/mol. The minimum absolute atomic E-state index is 0.324. The van der Waals surface area contributed by atoms with E-state index in [4.69, 9.17) is 0 Å². The molecule has 4 aromatic rings. The molecule has 4 rings (SSSR count). The van der Waals surface area contributed by atoms with E-state index in [1.54, 1.807) is 17.4 Å². The van der Waals surface area contributed by atoms with Gasteiger partial charge in [0.25, 0.3) is 0 Å². The number of thiophene rings is 1. The van der Waals surface area contributed by atoms with Crippen LogP contribution in [0.4, 0.5) is 0 Å². The van der Waals surface area contributed by atoms with Crippen molar-refractivity contribution in [2.45, 2.75) is 0 Å². The Hall–Kier alpha value is -2.06. The molecule has 1 aromatic heterocycles. The van der Waals surface area contributed by atoms with Crippen molar-refractivity contribution in [3.8, 4) is 5.75 Å². The molecule has 1 N–H and O–H groups in total. The highest BCUT2D eigenvalue weighted by molar-refractivity contribution is 7.26. The Morgan fingerprint density at radius 2 is 1.61 bits per heavy atom. The van der Waals surface area contributed by atoms with E-state index in [1.165, 1.54) is 25.6 Å². The molecule has 1 nitrogen and oxygen atoms in total. The summed E-state index contributed by atoms with van der Waals surface area (Å²) in [5.41, 5.74) is 0. The normalized spacial score (nSPS) is 11.6. The molecule has 0 amide bonds. The van der Waals surface area contributed by atoms with E-state index < -0.39 is 0 Å². The zero-order chi connectivity index (χ0) is 12.1. The fourth-order valence-electron chi connectivity index (χ4n) is 2.53. The summed E-state index contributed by atoms with van der Waals surface area (Å²) in [7, 11) is 0. The first kappa shape index (κ1) is 9.92. The van der Waals surface area contributed by atoms with Gasteiger partial charge in [-0.25, -0.2) is 0 Å². The van der Waals surface area contributed by atoms with Crippen LogP contribution in [-0.4, -0.2) is 5.11 Å². The fourth-order valence-corrected chi connectivity index (χ4v) is 3.65. The topological polar surface area (TPSA) is 20.2 Å². The minimum Gasteiger partial charge on any atom is -0.508 e. The molecule has 0 aliphatic heterocycles. The third kappa shape index (κ3) is 1.27. The summed E-state index contributed by atoms with van der Waals surface area (Å²) >= 11 is 1.80. The lowest BCUT2D eigenvalue weighted by Crippen LogP contribution is -1.74. The van der Waals surface area contributed by atoms with Crippen LogP contribution in [0, 0.1) is 0 Å². The van der Waals surface area contributed by atoms with Crippen LogP contribution in [0.2, 0.25) is 0 Å². The van der Waals surface area contributed by atoms with Gasteiger partial charge in [-0.15, -0.1) is 11.3 Å². The summed E-state index contributed by atoms with van der Waals surface area (Å²) in [5.74, 6) is 0.324. The Kier molecular flexibility index (Phi) is 1.91. The molecule has 18 heavy (non-hydrogen) atoms. The van der Waals surface area contributed by atoms with Crippen molar-refractivity contribution in [2.24, 2.45) is 0 Å². The Labute approximate surface area is 108 Å². The van der Waals surface area contributed by atoms with Gasteiger partial charge in [-0.05, 0) is 35.0 Å². The SMILES string of the molecule is Oc1ccc2ccc3sc4ccccc4c3c2c1. The Bertz CT molecular complexity index is 889. The quantitative estimate of drug-likeness (QED) is 0.470. The van der Waals surface area contributed by atoms with Crippen LogP contribution in [0.1, 0.15) is 0 Å². The van der Waals surface area contributed by atoms with Gasteiger partial charge < -0.3 is 5.11 Å². The van der Waals surface area contributed by atoms with Crippen molar-refractivity contribution in [1.29, 1.82) is 0 Å². The molecule has 0 atom stereocenters. The largest absolute Gasteiger partial charge is 0.508 e. The number of hydrogen-bond donors (Lipinski definition) is 1. The summed E-state index contributed by atoms with van der Waals surface area (Å²) < 4.78 is 2.57. The molecule has 0 saturated carbocycles. The Morgan fingerprint density at radius 3 is 2.56 bits per heavy atom. The van der Waals surface area contributed by atoms with E-state index >= 15 is 0 Å².